The van der Waals surface area contributed by atoms with Crippen LogP contribution in [0.2, 0.25) is 0 Å². The van der Waals surface area contributed by atoms with Crippen molar-refractivity contribution in [3.05, 3.63) is 30.6 Å². The molecule has 0 bridgehead atoms. The minimum absolute atomic E-state index is 0. The summed E-state index contributed by atoms with van der Waals surface area (Å²) in [7, 11) is 0. The average Bonchev–Trinajstić information content (AvgIpc) is 2.33. The summed E-state index contributed by atoms with van der Waals surface area (Å²) in [6.45, 7) is 0. The zero-order valence-electron chi connectivity index (χ0n) is 5.11. The van der Waals surface area contributed by atoms with Gasteiger partial charge in [-0.1, -0.05) is 30.6 Å². The van der Waals surface area contributed by atoms with Gasteiger partial charge in [0, 0.05) is 16.8 Å². The Bertz CT molecular complexity index is 286. The Morgan fingerprint density at radius 2 is 2.00 bits per heavy atom. The van der Waals surface area contributed by atoms with Crippen molar-refractivity contribution in [2.24, 2.45) is 0 Å². The van der Waals surface area contributed by atoms with Crippen molar-refractivity contribution in [2.45, 2.75) is 0 Å². The molecule has 53 valence electrons. The van der Waals surface area contributed by atoms with Crippen molar-refractivity contribution in [3.8, 4) is 0 Å². The molecule has 0 aliphatic rings. The number of rotatable bonds is 0. The molecule has 2 nitrogen and oxygen atoms in total. The Kier molecular flexibility index (Phi) is 2.08. The van der Waals surface area contributed by atoms with Gasteiger partial charge in [0.05, 0.1) is 0 Å². The Hall–Kier alpha value is -0.804. The van der Waals surface area contributed by atoms with E-state index in [1.807, 2.05) is 24.3 Å². The summed E-state index contributed by atoms with van der Waals surface area (Å²) in [6, 6.07) is 7.80. The van der Waals surface area contributed by atoms with E-state index in [9.17, 15) is 0 Å². The van der Waals surface area contributed by atoms with Crippen molar-refractivity contribution >= 4 is 11.0 Å². The normalized spacial score (nSPS) is 9.20. The van der Waals surface area contributed by atoms with E-state index in [1.54, 1.807) is 6.33 Å². The Morgan fingerprint density at radius 3 is 2.80 bits per heavy atom. The first-order valence-corrected chi connectivity index (χ1v) is 2.79. The number of imidazole rings is 1. The van der Waals surface area contributed by atoms with Crippen molar-refractivity contribution in [2.75, 3.05) is 0 Å². The second-order valence-corrected chi connectivity index (χ2v) is 1.86. The monoisotopic (exact) mass is 176 g/mol. The summed E-state index contributed by atoms with van der Waals surface area (Å²) < 4.78 is 0. The fraction of sp³-hybridized carbons (Fsp3) is 0. The number of para-hydroxylation sites is 2. The van der Waals surface area contributed by atoms with Crippen LogP contribution in [0.25, 0.3) is 11.0 Å². The third-order valence-electron chi connectivity index (χ3n) is 1.28. The minimum Gasteiger partial charge on any atom is -0.443 e. The summed E-state index contributed by atoms with van der Waals surface area (Å²) in [5.41, 5.74) is 1.94. The Morgan fingerprint density at radius 1 is 1.20 bits per heavy atom. The summed E-state index contributed by atoms with van der Waals surface area (Å²) in [4.78, 5) is 8.02. The molecule has 10 heavy (non-hydrogen) atoms. The van der Waals surface area contributed by atoms with Crippen molar-refractivity contribution < 1.29 is 16.8 Å². The van der Waals surface area contributed by atoms with E-state index in [0.717, 1.165) is 11.0 Å². The molecule has 0 amide bonds. The molecular weight excluding hydrogens is 171 g/mol. The molecule has 0 fully saturated rings. The molecule has 0 saturated heterocycles. The van der Waals surface area contributed by atoms with Gasteiger partial charge in [-0.2, -0.15) is 0 Å². The molecule has 0 aliphatic heterocycles. The van der Waals surface area contributed by atoms with E-state index < -0.39 is 0 Å². The van der Waals surface area contributed by atoms with Gasteiger partial charge in [0.1, 0.15) is 0 Å². The molecule has 3 heteroatoms. The van der Waals surface area contributed by atoms with Gasteiger partial charge < -0.3 is 9.97 Å². The number of nitrogens with zero attached hydrogens (tertiary/aromatic N) is 2. The van der Waals surface area contributed by atoms with Gasteiger partial charge in [0.15, 0.2) is 0 Å². The maximum Gasteiger partial charge on any atom is 0 e. The largest absolute Gasteiger partial charge is 0.443 e. The van der Waals surface area contributed by atoms with Gasteiger partial charge in [-0.15, -0.1) is 0 Å². The topological polar surface area (TPSA) is 27.0 Å². The molecule has 2 rings (SSSR count). The SMILES string of the molecule is [Co].c1ccc2[n-]cnc2c1. The predicted octanol–water partition coefficient (Wildman–Crippen LogP) is 1.19. The molecule has 1 radical (unpaired) electrons. The van der Waals surface area contributed by atoms with Crippen LogP contribution in [0.4, 0.5) is 0 Å². The first kappa shape index (κ1) is 7.31. The summed E-state index contributed by atoms with van der Waals surface area (Å²) in [5.74, 6) is 0. The first-order valence-electron chi connectivity index (χ1n) is 2.79. The second-order valence-electron chi connectivity index (χ2n) is 1.86. The Labute approximate surface area is 68.9 Å². The standard InChI is InChI=1S/C7H5N2.Co/c1-2-4-7-6(3-1)8-5-9-7;/h1-5H;/q-1;. The third kappa shape index (κ3) is 1.05. The van der Waals surface area contributed by atoms with Gasteiger partial charge in [0.25, 0.3) is 0 Å². The summed E-state index contributed by atoms with van der Waals surface area (Å²) >= 11 is 0. The van der Waals surface area contributed by atoms with E-state index in [0.29, 0.717) is 0 Å². The maximum absolute atomic E-state index is 4.01. The fourth-order valence-electron chi connectivity index (χ4n) is 0.836. The van der Waals surface area contributed by atoms with Crippen LogP contribution in [0, 0.1) is 0 Å². The minimum atomic E-state index is 0. The molecule has 2 aromatic rings. The molecule has 0 N–H and O–H groups in total. The van der Waals surface area contributed by atoms with Crippen LogP contribution in [0.15, 0.2) is 30.6 Å². The molecule has 1 aromatic heterocycles. The number of hydrogen-bond acceptors (Lipinski definition) is 1. The number of aromatic nitrogens is 2. The maximum atomic E-state index is 4.01. The van der Waals surface area contributed by atoms with Gasteiger partial charge in [-0.3, -0.25) is 0 Å². The number of fused-ring (bicyclic) bond motifs is 1. The van der Waals surface area contributed by atoms with Crippen LogP contribution in [0.3, 0.4) is 0 Å². The molecule has 1 aromatic carbocycles. The zero-order valence-corrected chi connectivity index (χ0v) is 6.16. The summed E-state index contributed by atoms with van der Waals surface area (Å²) in [6.07, 6.45) is 1.57. The number of benzene rings is 1. The van der Waals surface area contributed by atoms with Crippen LogP contribution in [0.5, 0.6) is 0 Å². The smallest absolute Gasteiger partial charge is 0 e. The molecule has 1 heterocycles. The van der Waals surface area contributed by atoms with Crippen LogP contribution in [0.1, 0.15) is 0 Å². The van der Waals surface area contributed by atoms with Gasteiger partial charge in [0.2, 0.25) is 0 Å². The van der Waals surface area contributed by atoms with E-state index >= 15 is 0 Å². The van der Waals surface area contributed by atoms with Crippen LogP contribution >= 0.6 is 0 Å². The average molecular weight is 176 g/mol. The van der Waals surface area contributed by atoms with E-state index in [1.165, 1.54) is 0 Å². The molecule has 0 aliphatic carbocycles. The molecule has 0 unspecified atom stereocenters. The molecule has 0 saturated carbocycles. The second kappa shape index (κ2) is 2.85. The van der Waals surface area contributed by atoms with Crippen LogP contribution in [-0.4, -0.2) is 4.98 Å². The molecule has 0 atom stereocenters. The first-order chi connectivity index (χ1) is 4.47. The van der Waals surface area contributed by atoms with Crippen LogP contribution < -0.4 is 4.98 Å². The third-order valence-corrected chi connectivity index (χ3v) is 1.28. The fourth-order valence-corrected chi connectivity index (χ4v) is 0.836. The van der Waals surface area contributed by atoms with Gasteiger partial charge >= 0.3 is 0 Å². The van der Waals surface area contributed by atoms with Crippen LogP contribution in [-0.2, 0) is 16.8 Å². The van der Waals surface area contributed by atoms with E-state index in [4.69, 9.17) is 0 Å². The molecule has 0 spiro atoms. The number of hydrogen-bond donors (Lipinski definition) is 0. The van der Waals surface area contributed by atoms with Gasteiger partial charge in [-0.25, -0.2) is 0 Å². The van der Waals surface area contributed by atoms with Crippen molar-refractivity contribution in [1.82, 2.24) is 9.97 Å². The summed E-state index contributed by atoms with van der Waals surface area (Å²) in [5, 5.41) is 0. The zero-order chi connectivity index (χ0) is 6.10. The van der Waals surface area contributed by atoms with Gasteiger partial charge in [-0.05, 0) is 11.0 Å². The van der Waals surface area contributed by atoms with E-state index in [2.05, 4.69) is 9.97 Å². The molecular formula is C7H5CoN2-. The van der Waals surface area contributed by atoms with Crippen molar-refractivity contribution in [1.29, 1.82) is 0 Å². The quantitative estimate of drug-likeness (QED) is 0.602. The Balaban J connectivity index is 0.000000500. The van der Waals surface area contributed by atoms with E-state index in [-0.39, 0.29) is 16.8 Å². The predicted molar refractivity (Wildman–Crippen MR) is 35.1 cm³/mol. The van der Waals surface area contributed by atoms with Crippen molar-refractivity contribution in [3.63, 3.8) is 0 Å².